The van der Waals surface area contributed by atoms with Crippen LogP contribution < -0.4 is 11.0 Å². The largest absolute Gasteiger partial charge is 0.290 e. The fraction of sp³-hybridized carbons (Fsp3) is 0. The van der Waals surface area contributed by atoms with Gasteiger partial charge in [0.2, 0.25) is 5.95 Å². The molecule has 6 nitrogen and oxygen atoms in total. The Bertz CT molecular complexity index is 1290. The lowest BCUT2D eigenvalue weighted by Crippen LogP contribution is -2.16. The smallest absolute Gasteiger partial charge is 0.270 e. The van der Waals surface area contributed by atoms with Crippen molar-refractivity contribution < 1.29 is 4.39 Å². The first kappa shape index (κ1) is 17.6. The molecule has 0 atom stereocenters. The van der Waals surface area contributed by atoms with Crippen LogP contribution in [0.5, 0.6) is 0 Å². The van der Waals surface area contributed by atoms with Crippen LogP contribution in [0, 0.1) is 17.1 Å². The van der Waals surface area contributed by atoms with E-state index in [-0.39, 0.29) is 23.0 Å². The minimum absolute atomic E-state index is 0.0776. The van der Waals surface area contributed by atoms with Crippen LogP contribution in [0.3, 0.4) is 0 Å². The fourth-order valence-corrected chi connectivity index (χ4v) is 3.63. The van der Waals surface area contributed by atoms with Gasteiger partial charge in [0.25, 0.3) is 5.56 Å². The van der Waals surface area contributed by atoms with E-state index in [1.165, 1.54) is 29.7 Å². The molecule has 4 rings (SSSR count). The molecule has 8 heteroatoms. The standard InChI is InChI=1S/C20H12FN5OS/c21-15-8-13-6-7-28-18(13)14(9-15)11-23-26-20-24-17(12-4-2-1-3-5-12)16(10-22)19(27)25-20/h1-9,11H,(H2,24,25,26,27). The van der Waals surface area contributed by atoms with Crippen molar-refractivity contribution in [3.63, 3.8) is 0 Å². The van der Waals surface area contributed by atoms with Crippen LogP contribution in [0.1, 0.15) is 11.1 Å². The van der Waals surface area contributed by atoms with Gasteiger partial charge in [0.05, 0.1) is 11.9 Å². The highest BCUT2D eigenvalue weighted by Crippen LogP contribution is 2.25. The summed E-state index contributed by atoms with van der Waals surface area (Å²) in [5.74, 6) is -0.276. The maximum absolute atomic E-state index is 13.7. The molecule has 0 amide bonds. The van der Waals surface area contributed by atoms with Gasteiger partial charge in [0.15, 0.2) is 0 Å². The number of hydrogen-bond acceptors (Lipinski definition) is 6. The van der Waals surface area contributed by atoms with E-state index in [0.717, 1.165) is 10.1 Å². The van der Waals surface area contributed by atoms with Gasteiger partial charge in [-0.25, -0.2) is 14.8 Å². The zero-order valence-electron chi connectivity index (χ0n) is 14.3. The summed E-state index contributed by atoms with van der Waals surface area (Å²) in [5.41, 5.74) is 3.51. The SMILES string of the molecule is N#Cc1c(-c2ccccc2)nc(NN=Cc2cc(F)cc3ccsc23)[nH]c1=O. The second kappa shape index (κ2) is 7.42. The Morgan fingerprint density at radius 2 is 2.07 bits per heavy atom. The average molecular weight is 389 g/mol. The maximum atomic E-state index is 13.7. The number of halogens is 1. The minimum Gasteiger partial charge on any atom is -0.290 e. The summed E-state index contributed by atoms with van der Waals surface area (Å²) in [6.45, 7) is 0. The van der Waals surface area contributed by atoms with E-state index in [0.29, 0.717) is 11.1 Å². The van der Waals surface area contributed by atoms with Crippen LogP contribution in [0.15, 0.2) is 63.8 Å². The van der Waals surface area contributed by atoms with Crippen molar-refractivity contribution in [3.8, 4) is 17.3 Å². The second-order valence-electron chi connectivity index (χ2n) is 5.82. The van der Waals surface area contributed by atoms with Gasteiger partial charge in [-0.3, -0.25) is 9.78 Å². The summed E-state index contributed by atoms with van der Waals surface area (Å²) >= 11 is 1.48. The molecule has 0 saturated heterocycles. The fourth-order valence-electron chi connectivity index (χ4n) is 2.77. The Labute approximate surface area is 162 Å². The van der Waals surface area contributed by atoms with Crippen molar-refractivity contribution in [2.75, 3.05) is 5.43 Å². The predicted octanol–water partition coefficient (Wildman–Crippen LogP) is 4.11. The van der Waals surface area contributed by atoms with Gasteiger partial charge in [0.1, 0.15) is 17.4 Å². The first-order valence-electron chi connectivity index (χ1n) is 8.21. The highest BCUT2D eigenvalue weighted by Gasteiger charge is 2.13. The van der Waals surface area contributed by atoms with Gasteiger partial charge in [0, 0.05) is 15.8 Å². The van der Waals surface area contributed by atoms with Gasteiger partial charge < -0.3 is 0 Å². The molecular weight excluding hydrogens is 377 g/mol. The number of fused-ring (bicyclic) bond motifs is 1. The summed E-state index contributed by atoms with van der Waals surface area (Å²) in [5, 5.41) is 16.0. The van der Waals surface area contributed by atoms with Gasteiger partial charge in [-0.15, -0.1) is 11.3 Å². The van der Waals surface area contributed by atoms with Crippen LogP contribution in [0.4, 0.5) is 10.3 Å². The first-order valence-corrected chi connectivity index (χ1v) is 9.09. The van der Waals surface area contributed by atoms with E-state index in [1.807, 2.05) is 23.6 Å². The van der Waals surface area contributed by atoms with E-state index in [2.05, 4.69) is 20.5 Å². The number of anilines is 1. The number of hydrazone groups is 1. The third kappa shape index (κ3) is 3.39. The lowest BCUT2D eigenvalue weighted by Gasteiger charge is -2.06. The molecule has 0 aliphatic carbocycles. The molecule has 0 bridgehead atoms. The molecule has 0 spiro atoms. The molecule has 28 heavy (non-hydrogen) atoms. The molecule has 4 aromatic rings. The van der Waals surface area contributed by atoms with Gasteiger partial charge in [-0.05, 0) is 29.0 Å². The molecule has 2 N–H and O–H groups in total. The van der Waals surface area contributed by atoms with Crippen LogP contribution >= 0.6 is 11.3 Å². The molecule has 0 aliphatic rings. The predicted molar refractivity (Wildman–Crippen MR) is 108 cm³/mol. The molecule has 2 aromatic heterocycles. The Kier molecular flexibility index (Phi) is 4.66. The second-order valence-corrected chi connectivity index (χ2v) is 6.74. The number of aromatic nitrogens is 2. The topological polar surface area (TPSA) is 93.9 Å². The number of H-pyrrole nitrogens is 1. The molecule has 0 unspecified atom stereocenters. The van der Waals surface area contributed by atoms with Crippen molar-refractivity contribution in [1.82, 2.24) is 9.97 Å². The van der Waals surface area contributed by atoms with E-state index in [9.17, 15) is 14.4 Å². The van der Waals surface area contributed by atoms with Gasteiger partial charge in [-0.2, -0.15) is 10.4 Å². The van der Waals surface area contributed by atoms with Crippen molar-refractivity contribution in [3.05, 3.63) is 81.2 Å². The molecular formula is C20H12FN5OS. The summed E-state index contributed by atoms with van der Waals surface area (Å²) in [6.07, 6.45) is 1.46. The number of hydrogen-bond donors (Lipinski definition) is 2. The molecule has 0 saturated carbocycles. The highest BCUT2D eigenvalue weighted by atomic mass is 32.1. The Hall–Kier alpha value is -3.83. The third-order valence-electron chi connectivity index (χ3n) is 4.00. The van der Waals surface area contributed by atoms with Crippen molar-refractivity contribution in [2.45, 2.75) is 0 Å². The first-order chi connectivity index (χ1) is 13.7. The molecule has 2 aromatic carbocycles. The normalized spacial score (nSPS) is 11.0. The van der Waals surface area contributed by atoms with Crippen LogP contribution in [-0.2, 0) is 0 Å². The zero-order chi connectivity index (χ0) is 19.5. The number of rotatable bonds is 4. The number of benzene rings is 2. The van der Waals surface area contributed by atoms with E-state index in [4.69, 9.17) is 0 Å². The Balaban J connectivity index is 1.68. The average Bonchev–Trinajstić information content (AvgIpc) is 3.16. The summed E-state index contributed by atoms with van der Waals surface area (Å²) in [4.78, 5) is 19.0. The monoisotopic (exact) mass is 389 g/mol. The maximum Gasteiger partial charge on any atom is 0.270 e. The van der Waals surface area contributed by atoms with Gasteiger partial charge in [-0.1, -0.05) is 30.3 Å². The number of aromatic amines is 1. The third-order valence-corrected chi connectivity index (χ3v) is 4.98. The molecule has 0 aliphatic heterocycles. The molecule has 136 valence electrons. The zero-order valence-corrected chi connectivity index (χ0v) is 15.1. The molecule has 0 radical (unpaired) electrons. The number of nitrogens with zero attached hydrogens (tertiary/aromatic N) is 3. The number of nitriles is 1. The van der Waals surface area contributed by atoms with Crippen LogP contribution in [-0.4, -0.2) is 16.2 Å². The summed E-state index contributed by atoms with van der Waals surface area (Å²) in [7, 11) is 0. The van der Waals surface area contributed by atoms with Crippen molar-refractivity contribution in [1.29, 1.82) is 5.26 Å². The van der Waals surface area contributed by atoms with Crippen molar-refractivity contribution >= 4 is 33.6 Å². The lowest BCUT2D eigenvalue weighted by molar-refractivity contribution is 0.629. The highest BCUT2D eigenvalue weighted by molar-refractivity contribution is 7.17. The Morgan fingerprint density at radius 1 is 1.25 bits per heavy atom. The lowest BCUT2D eigenvalue weighted by atomic mass is 10.1. The minimum atomic E-state index is -0.569. The Morgan fingerprint density at radius 3 is 2.86 bits per heavy atom. The van der Waals surface area contributed by atoms with Crippen molar-refractivity contribution in [2.24, 2.45) is 5.10 Å². The number of thiophene rings is 1. The summed E-state index contributed by atoms with van der Waals surface area (Å²) in [6, 6.07) is 15.5. The quantitative estimate of drug-likeness (QED) is 0.406. The van der Waals surface area contributed by atoms with E-state index in [1.54, 1.807) is 24.3 Å². The number of nitrogens with one attached hydrogen (secondary N) is 2. The van der Waals surface area contributed by atoms with Gasteiger partial charge >= 0.3 is 0 Å². The van der Waals surface area contributed by atoms with E-state index < -0.39 is 5.56 Å². The molecule has 2 heterocycles. The van der Waals surface area contributed by atoms with E-state index >= 15 is 0 Å². The summed E-state index contributed by atoms with van der Waals surface area (Å²) < 4.78 is 14.6. The van der Waals surface area contributed by atoms with Crippen LogP contribution in [0.2, 0.25) is 0 Å². The van der Waals surface area contributed by atoms with Crippen LogP contribution in [0.25, 0.3) is 21.3 Å². The molecule has 0 fully saturated rings.